The number of anilines is 2. The Hall–Kier alpha value is -1.68. The van der Waals surface area contributed by atoms with Gasteiger partial charge in [-0.05, 0) is 24.3 Å². The highest BCUT2D eigenvalue weighted by molar-refractivity contribution is 6.29. The standard InChI is InChI=1S/C15H17ClFN3/c1-15(2,3)14-18-12(16)9-13(19-14)20(4)11-7-5-10(17)6-8-11/h5-9H,1-4H3. The number of nitrogens with zero attached hydrogens (tertiary/aromatic N) is 3. The molecule has 0 amide bonds. The topological polar surface area (TPSA) is 29.0 Å². The molecule has 0 saturated heterocycles. The van der Waals surface area contributed by atoms with E-state index in [1.54, 1.807) is 18.2 Å². The molecule has 1 aromatic heterocycles. The van der Waals surface area contributed by atoms with Crippen LogP contribution in [0.25, 0.3) is 0 Å². The Balaban J connectivity index is 2.42. The second kappa shape index (κ2) is 5.37. The molecule has 2 aromatic rings. The molecule has 1 aromatic carbocycles. The maximum absolute atomic E-state index is 13.0. The molecule has 0 atom stereocenters. The van der Waals surface area contributed by atoms with Gasteiger partial charge in [-0.15, -0.1) is 0 Å². The minimum absolute atomic E-state index is 0.191. The van der Waals surface area contributed by atoms with Crippen LogP contribution in [-0.4, -0.2) is 17.0 Å². The van der Waals surface area contributed by atoms with Crippen molar-refractivity contribution in [1.29, 1.82) is 0 Å². The number of hydrogen-bond acceptors (Lipinski definition) is 3. The van der Waals surface area contributed by atoms with Crippen LogP contribution in [0.15, 0.2) is 30.3 Å². The van der Waals surface area contributed by atoms with Gasteiger partial charge in [0.15, 0.2) is 0 Å². The summed E-state index contributed by atoms with van der Waals surface area (Å²) in [6.45, 7) is 6.08. The summed E-state index contributed by atoms with van der Waals surface area (Å²) >= 11 is 6.08. The molecule has 0 aliphatic carbocycles. The van der Waals surface area contributed by atoms with Gasteiger partial charge in [-0.25, -0.2) is 14.4 Å². The maximum atomic E-state index is 13.0. The summed E-state index contributed by atoms with van der Waals surface area (Å²) in [5.41, 5.74) is 0.643. The Labute approximate surface area is 123 Å². The predicted octanol–water partition coefficient (Wildman–Crippen LogP) is 4.33. The number of aromatic nitrogens is 2. The minimum Gasteiger partial charge on any atom is -0.329 e. The van der Waals surface area contributed by atoms with E-state index >= 15 is 0 Å². The Bertz CT molecular complexity index is 606. The summed E-state index contributed by atoms with van der Waals surface area (Å²) in [5, 5.41) is 0.397. The Morgan fingerprint density at radius 1 is 1.10 bits per heavy atom. The molecule has 5 heteroatoms. The van der Waals surface area contributed by atoms with Crippen LogP contribution in [-0.2, 0) is 5.41 Å². The first-order valence-electron chi connectivity index (χ1n) is 6.32. The van der Waals surface area contributed by atoms with Crippen LogP contribution in [0.1, 0.15) is 26.6 Å². The number of rotatable bonds is 2. The average Bonchev–Trinajstić information content (AvgIpc) is 2.37. The maximum Gasteiger partial charge on any atom is 0.137 e. The first-order valence-corrected chi connectivity index (χ1v) is 6.69. The van der Waals surface area contributed by atoms with Crippen LogP contribution in [0.2, 0.25) is 5.15 Å². The minimum atomic E-state index is -0.266. The van der Waals surface area contributed by atoms with E-state index in [0.717, 1.165) is 5.69 Å². The highest BCUT2D eigenvalue weighted by Crippen LogP contribution is 2.27. The smallest absolute Gasteiger partial charge is 0.137 e. The fourth-order valence-corrected chi connectivity index (χ4v) is 1.89. The van der Waals surface area contributed by atoms with Crippen LogP contribution < -0.4 is 4.90 Å². The van der Waals surface area contributed by atoms with Crippen LogP contribution in [0.3, 0.4) is 0 Å². The first-order chi connectivity index (χ1) is 9.27. The van der Waals surface area contributed by atoms with E-state index in [4.69, 9.17) is 11.6 Å². The number of benzene rings is 1. The van der Waals surface area contributed by atoms with E-state index in [1.807, 2.05) is 32.7 Å². The molecule has 0 spiro atoms. The van der Waals surface area contributed by atoms with E-state index in [-0.39, 0.29) is 11.2 Å². The van der Waals surface area contributed by atoms with Gasteiger partial charge in [-0.2, -0.15) is 0 Å². The summed E-state index contributed by atoms with van der Waals surface area (Å²) < 4.78 is 13.0. The Morgan fingerprint density at radius 2 is 1.70 bits per heavy atom. The van der Waals surface area contributed by atoms with Gasteiger partial charge in [0.1, 0.15) is 22.6 Å². The molecule has 0 unspecified atom stereocenters. The molecule has 0 radical (unpaired) electrons. The lowest BCUT2D eigenvalue weighted by Crippen LogP contribution is -2.19. The molecule has 1 heterocycles. The highest BCUT2D eigenvalue weighted by atomic mass is 35.5. The zero-order valence-electron chi connectivity index (χ0n) is 12.0. The van der Waals surface area contributed by atoms with Crippen LogP contribution >= 0.6 is 11.6 Å². The lowest BCUT2D eigenvalue weighted by molar-refractivity contribution is 0.545. The average molecular weight is 294 g/mol. The molecular weight excluding hydrogens is 277 g/mol. The van der Waals surface area contributed by atoms with Gasteiger partial charge < -0.3 is 4.90 Å². The van der Waals surface area contributed by atoms with Crippen LogP contribution in [0.4, 0.5) is 15.9 Å². The summed E-state index contributed by atoms with van der Waals surface area (Å²) in [7, 11) is 1.86. The Kier molecular flexibility index (Phi) is 3.95. The summed E-state index contributed by atoms with van der Waals surface area (Å²) in [6, 6.07) is 7.92. The van der Waals surface area contributed by atoms with Crippen LogP contribution in [0.5, 0.6) is 0 Å². The summed E-state index contributed by atoms with van der Waals surface area (Å²) in [6.07, 6.45) is 0. The lowest BCUT2D eigenvalue weighted by Gasteiger charge is -2.22. The molecule has 0 aliphatic rings. The van der Waals surface area contributed by atoms with Gasteiger partial charge in [-0.1, -0.05) is 32.4 Å². The number of hydrogen-bond donors (Lipinski definition) is 0. The van der Waals surface area contributed by atoms with Gasteiger partial charge in [0.2, 0.25) is 0 Å². The van der Waals surface area contributed by atoms with Crippen molar-refractivity contribution in [2.45, 2.75) is 26.2 Å². The first kappa shape index (κ1) is 14.7. The van der Waals surface area contributed by atoms with Gasteiger partial charge in [0.05, 0.1) is 0 Å². The number of halogens is 2. The zero-order chi connectivity index (χ0) is 14.9. The molecule has 20 heavy (non-hydrogen) atoms. The third kappa shape index (κ3) is 3.25. The van der Waals surface area contributed by atoms with Crippen molar-refractivity contribution >= 4 is 23.1 Å². The van der Waals surface area contributed by atoms with Gasteiger partial charge in [0.25, 0.3) is 0 Å². The predicted molar refractivity (Wildman–Crippen MR) is 80.2 cm³/mol. The molecule has 0 aliphatic heterocycles. The van der Waals surface area contributed by atoms with Crippen molar-refractivity contribution in [3.8, 4) is 0 Å². The molecule has 3 nitrogen and oxygen atoms in total. The van der Waals surface area contributed by atoms with E-state index in [2.05, 4.69) is 9.97 Å². The monoisotopic (exact) mass is 293 g/mol. The highest BCUT2D eigenvalue weighted by Gasteiger charge is 2.20. The summed E-state index contributed by atoms with van der Waals surface area (Å²) in [5.74, 6) is 1.09. The third-order valence-electron chi connectivity index (χ3n) is 2.91. The molecule has 2 rings (SSSR count). The van der Waals surface area contributed by atoms with Gasteiger partial charge in [0, 0.05) is 24.2 Å². The van der Waals surface area contributed by atoms with Crippen molar-refractivity contribution in [2.75, 3.05) is 11.9 Å². The van der Waals surface area contributed by atoms with E-state index < -0.39 is 0 Å². The Morgan fingerprint density at radius 3 is 2.25 bits per heavy atom. The van der Waals surface area contributed by atoms with Crippen LogP contribution in [0, 0.1) is 5.82 Å². The second-order valence-electron chi connectivity index (χ2n) is 5.66. The van der Waals surface area contributed by atoms with E-state index in [1.165, 1.54) is 12.1 Å². The fourth-order valence-electron chi connectivity index (χ4n) is 1.71. The van der Waals surface area contributed by atoms with Crippen molar-refractivity contribution in [2.24, 2.45) is 0 Å². The fraction of sp³-hybridized carbons (Fsp3) is 0.333. The second-order valence-corrected chi connectivity index (χ2v) is 6.05. The largest absolute Gasteiger partial charge is 0.329 e. The van der Waals surface area contributed by atoms with Crippen molar-refractivity contribution in [3.05, 3.63) is 47.1 Å². The third-order valence-corrected chi connectivity index (χ3v) is 3.10. The van der Waals surface area contributed by atoms with Crippen molar-refractivity contribution in [3.63, 3.8) is 0 Å². The SMILES string of the molecule is CN(c1ccc(F)cc1)c1cc(Cl)nc(C(C)(C)C)n1. The van der Waals surface area contributed by atoms with Crippen molar-refractivity contribution in [1.82, 2.24) is 9.97 Å². The molecule has 0 fully saturated rings. The molecule has 106 valence electrons. The normalized spacial score (nSPS) is 11.5. The van der Waals surface area contributed by atoms with Crippen molar-refractivity contribution < 1.29 is 4.39 Å². The lowest BCUT2D eigenvalue weighted by atomic mass is 9.96. The quantitative estimate of drug-likeness (QED) is 0.772. The zero-order valence-corrected chi connectivity index (χ0v) is 12.7. The molecular formula is C15H17ClFN3. The van der Waals surface area contributed by atoms with Gasteiger partial charge in [-0.3, -0.25) is 0 Å². The molecule has 0 bridgehead atoms. The van der Waals surface area contributed by atoms with E-state index in [9.17, 15) is 4.39 Å². The van der Waals surface area contributed by atoms with E-state index in [0.29, 0.717) is 16.8 Å². The van der Waals surface area contributed by atoms with Gasteiger partial charge >= 0.3 is 0 Å². The molecule has 0 saturated carbocycles. The molecule has 0 N–H and O–H groups in total. The summed E-state index contributed by atoms with van der Waals surface area (Å²) in [4.78, 5) is 10.7.